The molecule has 39 heavy (non-hydrogen) atoms. The Bertz CT molecular complexity index is 1430. The molecule has 3 aromatic carbocycles. The summed E-state index contributed by atoms with van der Waals surface area (Å²) in [6.07, 6.45) is 5.09. The Morgan fingerprint density at radius 2 is 1.79 bits per heavy atom. The van der Waals surface area contributed by atoms with E-state index in [2.05, 4.69) is 15.6 Å². The minimum absolute atomic E-state index is 0.0496. The molecule has 9 nitrogen and oxygen atoms in total. The maximum atomic E-state index is 14.0. The van der Waals surface area contributed by atoms with Gasteiger partial charge in [-0.05, 0) is 48.2 Å². The molecule has 1 aliphatic rings. The Kier molecular flexibility index (Phi) is 8.05. The van der Waals surface area contributed by atoms with Crippen molar-refractivity contribution < 1.29 is 19.4 Å². The van der Waals surface area contributed by atoms with Crippen molar-refractivity contribution in [2.75, 3.05) is 7.11 Å². The fraction of sp³-hybridized carbons (Fsp3) is 0.333. The van der Waals surface area contributed by atoms with Gasteiger partial charge in [0, 0.05) is 12.6 Å². The second kappa shape index (κ2) is 12.0. The van der Waals surface area contributed by atoms with Gasteiger partial charge in [0.2, 0.25) is 11.8 Å². The van der Waals surface area contributed by atoms with Crippen LogP contribution in [0.1, 0.15) is 49.3 Å². The zero-order valence-corrected chi connectivity index (χ0v) is 22.0. The number of hydrogen-bond acceptors (Lipinski definition) is 6. The van der Waals surface area contributed by atoms with Crippen molar-refractivity contribution in [2.24, 2.45) is 0 Å². The molecular formula is C30H33N5O4. The molecule has 1 heterocycles. The van der Waals surface area contributed by atoms with Gasteiger partial charge in [-0.15, -0.1) is 5.10 Å². The molecule has 1 unspecified atom stereocenters. The molecule has 4 aromatic rings. The molecule has 9 heteroatoms. The van der Waals surface area contributed by atoms with E-state index in [-0.39, 0.29) is 36.7 Å². The average molecular weight is 528 g/mol. The van der Waals surface area contributed by atoms with Gasteiger partial charge in [0.15, 0.2) is 11.5 Å². The maximum Gasteiger partial charge on any atom is 0.247 e. The number of ether oxygens (including phenoxy) is 1. The third-order valence-electron chi connectivity index (χ3n) is 7.25. The lowest BCUT2D eigenvalue weighted by atomic mass is 9.94. The number of nitrogens with one attached hydrogen (secondary N) is 1. The number of phenols is 1. The van der Waals surface area contributed by atoms with Crippen LogP contribution in [0.2, 0.25) is 0 Å². The zero-order valence-electron chi connectivity index (χ0n) is 22.0. The van der Waals surface area contributed by atoms with E-state index in [4.69, 9.17) is 4.74 Å². The van der Waals surface area contributed by atoms with Gasteiger partial charge in [0.05, 0.1) is 12.6 Å². The first kappa shape index (κ1) is 26.2. The highest BCUT2D eigenvalue weighted by atomic mass is 16.5. The second-order valence-corrected chi connectivity index (χ2v) is 9.92. The average Bonchev–Trinajstić information content (AvgIpc) is 3.36. The molecule has 0 spiro atoms. The van der Waals surface area contributed by atoms with E-state index in [1.54, 1.807) is 21.7 Å². The van der Waals surface area contributed by atoms with E-state index in [1.807, 2.05) is 54.6 Å². The van der Waals surface area contributed by atoms with Crippen molar-refractivity contribution in [2.45, 2.75) is 57.3 Å². The van der Waals surface area contributed by atoms with Crippen molar-refractivity contribution in [3.63, 3.8) is 0 Å². The Hall–Kier alpha value is -4.40. The van der Waals surface area contributed by atoms with Crippen LogP contribution >= 0.6 is 0 Å². The molecule has 0 aliphatic heterocycles. The minimum Gasteiger partial charge on any atom is -0.504 e. The highest BCUT2D eigenvalue weighted by Gasteiger charge is 2.34. The molecule has 1 aromatic heterocycles. The number of carbonyl (C=O) groups is 2. The summed E-state index contributed by atoms with van der Waals surface area (Å²) in [7, 11) is 1.47. The summed E-state index contributed by atoms with van der Waals surface area (Å²) in [5.41, 5.74) is 2.79. The fourth-order valence-corrected chi connectivity index (χ4v) is 5.23. The number of fused-ring (bicyclic) bond motifs is 1. The molecule has 1 saturated carbocycles. The number of phenolic OH excluding ortho intramolecular Hbond substituents is 1. The van der Waals surface area contributed by atoms with Gasteiger partial charge in [-0.2, -0.15) is 0 Å². The van der Waals surface area contributed by atoms with Crippen molar-refractivity contribution in [1.82, 2.24) is 25.2 Å². The Morgan fingerprint density at radius 1 is 1.05 bits per heavy atom. The first-order chi connectivity index (χ1) is 19.0. The summed E-state index contributed by atoms with van der Waals surface area (Å²) in [5, 5.41) is 22.2. The number of hydrogen-bond donors (Lipinski definition) is 2. The Balaban J connectivity index is 1.53. The third kappa shape index (κ3) is 6.03. The van der Waals surface area contributed by atoms with E-state index >= 15 is 0 Å². The highest BCUT2D eigenvalue weighted by Crippen LogP contribution is 2.33. The molecule has 2 N–H and O–H groups in total. The first-order valence-corrected chi connectivity index (χ1v) is 13.3. The van der Waals surface area contributed by atoms with Gasteiger partial charge in [-0.3, -0.25) is 9.59 Å². The summed E-state index contributed by atoms with van der Waals surface area (Å²) in [6.45, 7) is 0.102. The Labute approximate surface area is 227 Å². The molecule has 0 saturated heterocycles. The number of amides is 2. The molecule has 1 aliphatic carbocycles. The quantitative estimate of drug-likeness (QED) is 0.335. The van der Waals surface area contributed by atoms with Gasteiger partial charge < -0.3 is 20.1 Å². The minimum atomic E-state index is -0.980. The largest absolute Gasteiger partial charge is 0.504 e. The van der Waals surface area contributed by atoms with Gasteiger partial charge in [0.25, 0.3) is 0 Å². The topological polar surface area (TPSA) is 110 Å². The van der Waals surface area contributed by atoms with Crippen LogP contribution in [0.25, 0.3) is 11.0 Å². The van der Waals surface area contributed by atoms with Crippen LogP contribution in [-0.2, 0) is 22.7 Å². The lowest BCUT2D eigenvalue weighted by Crippen LogP contribution is -2.47. The van der Waals surface area contributed by atoms with Crippen molar-refractivity contribution >= 4 is 22.8 Å². The molecule has 202 valence electrons. The third-order valence-corrected chi connectivity index (χ3v) is 7.25. The summed E-state index contributed by atoms with van der Waals surface area (Å²) < 4.78 is 6.78. The van der Waals surface area contributed by atoms with Crippen LogP contribution in [0.15, 0.2) is 72.8 Å². The van der Waals surface area contributed by atoms with E-state index in [0.29, 0.717) is 16.8 Å². The van der Waals surface area contributed by atoms with Crippen LogP contribution in [0.4, 0.5) is 0 Å². The van der Waals surface area contributed by atoms with Crippen LogP contribution < -0.4 is 10.1 Å². The van der Waals surface area contributed by atoms with Gasteiger partial charge in [-0.25, -0.2) is 4.68 Å². The molecule has 0 radical (unpaired) electrons. The molecule has 1 atom stereocenters. The monoisotopic (exact) mass is 527 g/mol. The number of para-hydroxylation sites is 1. The number of aromatic nitrogens is 3. The summed E-state index contributed by atoms with van der Waals surface area (Å²) >= 11 is 0. The fourth-order valence-electron chi connectivity index (χ4n) is 5.23. The summed E-state index contributed by atoms with van der Waals surface area (Å²) in [6, 6.07) is 20.9. The number of carbonyl (C=O) groups excluding carboxylic acids is 2. The Morgan fingerprint density at radius 3 is 2.54 bits per heavy atom. The summed E-state index contributed by atoms with van der Waals surface area (Å²) in [5.74, 6) is -0.382. The molecule has 5 rings (SSSR count). The zero-order chi connectivity index (χ0) is 27.2. The summed E-state index contributed by atoms with van der Waals surface area (Å²) in [4.78, 5) is 29.6. The number of rotatable bonds is 9. The lowest BCUT2D eigenvalue weighted by molar-refractivity contribution is -0.142. The van der Waals surface area contributed by atoms with E-state index < -0.39 is 6.04 Å². The lowest BCUT2D eigenvalue weighted by Gasteiger charge is -2.33. The van der Waals surface area contributed by atoms with Crippen molar-refractivity contribution in [1.29, 1.82) is 0 Å². The second-order valence-electron chi connectivity index (χ2n) is 9.92. The van der Waals surface area contributed by atoms with E-state index in [1.165, 1.54) is 13.2 Å². The normalized spacial score (nSPS) is 14.6. The van der Waals surface area contributed by atoms with Gasteiger partial charge in [0.1, 0.15) is 18.1 Å². The van der Waals surface area contributed by atoms with Crippen LogP contribution in [0, 0.1) is 0 Å². The van der Waals surface area contributed by atoms with Crippen molar-refractivity contribution in [3.8, 4) is 11.5 Å². The van der Waals surface area contributed by atoms with Crippen LogP contribution in [-0.4, -0.2) is 50.0 Å². The SMILES string of the molecule is COc1ccc(C(C(=O)NC2CCCCC2)N(Cc2ccccc2)C(=O)Cn2nnc3ccccc32)cc1O. The molecule has 1 fully saturated rings. The molecule has 2 amide bonds. The molecular weight excluding hydrogens is 494 g/mol. The number of methoxy groups -OCH3 is 1. The smallest absolute Gasteiger partial charge is 0.247 e. The van der Waals surface area contributed by atoms with Crippen molar-refractivity contribution in [3.05, 3.63) is 83.9 Å². The first-order valence-electron chi connectivity index (χ1n) is 13.3. The molecule has 0 bridgehead atoms. The predicted molar refractivity (Wildman–Crippen MR) is 147 cm³/mol. The number of benzene rings is 3. The van der Waals surface area contributed by atoms with Crippen LogP contribution in [0.5, 0.6) is 11.5 Å². The number of nitrogens with zero attached hydrogens (tertiary/aromatic N) is 4. The predicted octanol–water partition coefficient (Wildman–Crippen LogP) is 4.36. The van der Waals surface area contributed by atoms with E-state index in [0.717, 1.165) is 43.2 Å². The van der Waals surface area contributed by atoms with Gasteiger partial charge >= 0.3 is 0 Å². The maximum absolute atomic E-state index is 14.0. The van der Waals surface area contributed by atoms with Gasteiger partial charge in [-0.1, -0.05) is 73.0 Å². The van der Waals surface area contributed by atoms with Crippen LogP contribution in [0.3, 0.4) is 0 Å². The van der Waals surface area contributed by atoms with E-state index in [9.17, 15) is 14.7 Å². The highest BCUT2D eigenvalue weighted by molar-refractivity contribution is 5.89. The number of aromatic hydroxyl groups is 1. The standard InChI is InChI=1S/C30H33N5O4/c1-39-27-17-16-22(18-26(27)36)29(30(38)31-23-12-6-3-7-13-23)34(19-21-10-4-2-5-11-21)28(37)20-35-25-15-9-8-14-24(25)32-33-35/h2,4-5,8-11,14-18,23,29,36H,3,6-7,12-13,19-20H2,1H3,(H,31,38).